The topological polar surface area (TPSA) is 64.0 Å². The maximum absolute atomic E-state index is 13.9. The predicted molar refractivity (Wildman–Crippen MR) is 172 cm³/mol. The van der Waals surface area contributed by atoms with Crippen LogP contribution in [0.15, 0.2) is 115 Å². The molecule has 0 spiro atoms. The zero-order chi connectivity index (χ0) is 30.3. The van der Waals surface area contributed by atoms with Crippen LogP contribution in [0.2, 0.25) is 0 Å². The molecule has 2 amide bonds. The Hall–Kier alpha value is -5.04. The lowest BCUT2D eigenvalue weighted by Gasteiger charge is -2.34. The molecule has 5 aromatic rings. The molecule has 6 rings (SSSR count). The van der Waals surface area contributed by atoms with Gasteiger partial charge >= 0.3 is 6.09 Å². The van der Waals surface area contributed by atoms with E-state index >= 15 is 0 Å². The highest BCUT2D eigenvalue weighted by Gasteiger charge is 2.29. The minimum absolute atomic E-state index is 0.0628. The summed E-state index contributed by atoms with van der Waals surface area (Å²) in [6.45, 7) is 4.76. The number of nitrogens with zero attached hydrogens (tertiary/aromatic N) is 3. The van der Waals surface area contributed by atoms with Crippen molar-refractivity contribution >= 4 is 22.9 Å². The van der Waals surface area contributed by atoms with Crippen molar-refractivity contribution in [2.45, 2.75) is 25.8 Å². The number of piperazine rings is 1. The summed E-state index contributed by atoms with van der Waals surface area (Å²) in [6, 6.07) is 36.6. The number of amides is 2. The molecule has 1 aliphatic heterocycles. The average Bonchev–Trinajstić information content (AvgIpc) is 3.42. The minimum atomic E-state index is -0.320. The monoisotopic (exact) mass is 587 g/mol. The van der Waals surface area contributed by atoms with Crippen molar-refractivity contribution in [1.29, 1.82) is 0 Å². The van der Waals surface area contributed by atoms with Crippen LogP contribution in [-0.2, 0) is 16.1 Å². The Morgan fingerprint density at radius 3 is 2.16 bits per heavy atom. The zero-order valence-electron chi connectivity index (χ0n) is 25.0. The third-order valence-electron chi connectivity index (χ3n) is 8.17. The normalized spacial score (nSPS) is 13.9. The number of ether oxygens (including phenoxy) is 2. The standard InChI is InChI=1S/C37H37N3O4/c1-2-43-37(42)39-22-20-38(21-23-39)36(41)25-33(29-14-11-17-31(24-29)44-30-15-7-4-8-16-30)34-27-40(26-28-12-5-3-6-13-28)35-19-10-9-18-32(34)35/h3-19,24,27,33H,2,20-23,25-26H2,1H3. The Morgan fingerprint density at radius 1 is 0.750 bits per heavy atom. The van der Waals surface area contributed by atoms with Gasteiger partial charge in [-0.2, -0.15) is 0 Å². The van der Waals surface area contributed by atoms with Gasteiger partial charge < -0.3 is 23.8 Å². The van der Waals surface area contributed by atoms with Gasteiger partial charge in [0.1, 0.15) is 11.5 Å². The van der Waals surface area contributed by atoms with Crippen molar-refractivity contribution in [2.75, 3.05) is 32.8 Å². The Morgan fingerprint density at radius 2 is 1.41 bits per heavy atom. The smallest absolute Gasteiger partial charge is 0.409 e. The number of rotatable bonds is 9. The van der Waals surface area contributed by atoms with Gasteiger partial charge in [-0.25, -0.2) is 4.79 Å². The molecule has 2 heterocycles. The number of aromatic nitrogens is 1. The van der Waals surface area contributed by atoms with Gasteiger partial charge in [0.25, 0.3) is 0 Å². The summed E-state index contributed by atoms with van der Waals surface area (Å²) in [7, 11) is 0. The van der Waals surface area contributed by atoms with Gasteiger partial charge in [0.2, 0.25) is 5.91 Å². The van der Waals surface area contributed by atoms with Crippen molar-refractivity contribution in [2.24, 2.45) is 0 Å². The molecular weight excluding hydrogens is 550 g/mol. The quantitative estimate of drug-likeness (QED) is 0.182. The number of hydrogen-bond acceptors (Lipinski definition) is 4. The van der Waals surface area contributed by atoms with Gasteiger partial charge in [0.15, 0.2) is 0 Å². The molecule has 0 N–H and O–H groups in total. The van der Waals surface area contributed by atoms with Crippen LogP contribution in [0, 0.1) is 0 Å². The largest absolute Gasteiger partial charge is 0.457 e. The van der Waals surface area contributed by atoms with Gasteiger partial charge in [0.05, 0.1) is 6.61 Å². The van der Waals surface area contributed by atoms with E-state index in [1.54, 1.807) is 11.8 Å². The molecule has 0 saturated carbocycles. The van der Waals surface area contributed by atoms with Crippen LogP contribution in [0.3, 0.4) is 0 Å². The van der Waals surface area contributed by atoms with E-state index in [2.05, 4.69) is 65.4 Å². The van der Waals surface area contributed by atoms with Crippen LogP contribution < -0.4 is 4.74 Å². The van der Waals surface area contributed by atoms with E-state index in [0.29, 0.717) is 39.2 Å². The second-order valence-corrected chi connectivity index (χ2v) is 11.0. The number of carbonyl (C=O) groups excluding carboxylic acids is 2. The summed E-state index contributed by atoms with van der Waals surface area (Å²) in [6.07, 6.45) is 2.19. The number of para-hydroxylation sites is 2. The molecule has 0 aliphatic carbocycles. The van der Waals surface area contributed by atoms with Crippen LogP contribution >= 0.6 is 0 Å². The van der Waals surface area contributed by atoms with Crippen LogP contribution in [0.4, 0.5) is 4.79 Å². The molecule has 1 aliphatic rings. The van der Waals surface area contributed by atoms with Crippen LogP contribution in [0.25, 0.3) is 10.9 Å². The summed E-state index contributed by atoms with van der Waals surface area (Å²) < 4.78 is 13.6. The highest BCUT2D eigenvalue weighted by Crippen LogP contribution is 2.37. The average molecular weight is 588 g/mol. The second-order valence-electron chi connectivity index (χ2n) is 11.0. The number of benzene rings is 4. The first-order valence-electron chi connectivity index (χ1n) is 15.2. The van der Waals surface area contributed by atoms with Crippen molar-refractivity contribution < 1.29 is 19.1 Å². The lowest BCUT2D eigenvalue weighted by Crippen LogP contribution is -2.50. The summed E-state index contributed by atoms with van der Waals surface area (Å²) in [5, 5.41) is 1.13. The molecule has 0 bridgehead atoms. The fraction of sp³-hybridized carbons (Fsp3) is 0.243. The molecule has 4 aromatic carbocycles. The van der Waals surface area contributed by atoms with Crippen LogP contribution in [0.5, 0.6) is 11.5 Å². The number of hydrogen-bond donors (Lipinski definition) is 0. The second kappa shape index (κ2) is 13.5. The predicted octanol–water partition coefficient (Wildman–Crippen LogP) is 7.30. The van der Waals surface area contributed by atoms with Crippen molar-refractivity contribution in [3.8, 4) is 11.5 Å². The van der Waals surface area contributed by atoms with Gasteiger partial charge in [-0.05, 0) is 53.9 Å². The van der Waals surface area contributed by atoms with Crippen LogP contribution in [-0.4, -0.2) is 59.2 Å². The Balaban J connectivity index is 1.33. The molecular formula is C37H37N3O4. The van der Waals surface area contributed by atoms with Gasteiger partial charge in [-0.15, -0.1) is 0 Å². The first-order valence-corrected chi connectivity index (χ1v) is 15.2. The molecule has 224 valence electrons. The minimum Gasteiger partial charge on any atom is -0.457 e. The zero-order valence-corrected chi connectivity index (χ0v) is 25.0. The first kappa shape index (κ1) is 29.1. The molecule has 1 saturated heterocycles. The van der Waals surface area contributed by atoms with E-state index in [-0.39, 0.29) is 17.9 Å². The summed E-state index contributed by atoms with van der Waals surface area (Å²) in [4.78, 5) is 29.7. The molecule has 44 heavy (non-hydrogen) atoms. The van der Waals surface area contributed by atoms with Crippen LogP contribution in [0.1, 0.15) is 36.0 Å². The van der Waals surface area contributed by atoms with Crippen molar-refractivity contribution in [3.05, 3.63) is 132 Å². The van der Waals surface area contributed by atoms with Crippen molar-refractivity contribution in [3.63, 3.8) is 0 Å². The van der Waals surface area contributed by atoms with E-state index in [9.17, 15) is 9.59 Å². The maximum atomic E-state index is 13.9. The van der Waals surface area contributed by atoms with E-state index in [4.69, 9.17) is 9.47 Å². The molecule has 1 atom stereocenters. The summed E-state index contributed by atoms with van der Waals surface area (Å²) in [5.41, 5.74) is 4.46. The molecule has 1 aromatic heterocycles. The van der Waals surface area contributed by atoms with Gasteiger partial charge in [-0.3, -0.25) is 4.79 Å². The van der Waals surface area contributed by atoms with E-state index in [1.165, 1.54) is 5.56 Å². The fourth-order valence-electron chi connectivity index (χ4n) is 5.95. The lowest BCUT2D eigenvalue weighted by atomic mass is 9.87. The van der Waals surface area contributed by atoms with E-state index in [0.717, 1.165) is 40.1 Å². The highest BCUT2D eigenvalue weighted by molar-refractivity contribution is 5.87. The molecule has 7 nitrogen and oxygen atoms in total. The third-order valence-corrected chi connectivity index (χ3v) is 8.17. The third kappa shape index (κ3) is 6.62. The van der Waals surface area contributed by atoms with E-state index in [1.807, 2.05) is 59.5 Å². The Labute approximate surface area is 258 Å². The molecule has 7 heteroatoms. The first-order chi connectivity index (χ1) is 21.6. The summed E-state index contributed by atoms with van der Waals surface area (Å²) in [5.74, 6) is 1.35. The Bertz CT molecular complexity index is 1710. The van der Waals surface area contributed by atoms with Crippen molar-refractivity contribution in [1.82, 2.24) is 14.4 Å². The molecule has 0 radical (unpaired) electrons. The lowest BCUT2D eigenvalue weighted by molar-refractivity contribution is -0.133. The van der Waals surface area contributed by atoms with Gasteiger partial charge in [-0.1, -0.05) is 78.9 Å². The Kier molecular flexibility index (Phi) is 8.92. The number of carbonyl (C=O) groups is 2. The highest BCUT2D eigenvalue weighted by atomic mass is 16.6. The molecule has 1 fully saturated rings. The number of fused-ring (bicyclic) bond motifs is 1. The van der Waals surface area contributed by atoms with Gasteiger partial charge in [0, 0.05) is 62.2 Å². The SMILES string of the molecule is CCOC(=O)N1CCN(C(=O)CC(c2cccc(Oc3ccccc3)c2)c2cn(Cc3ccccc3)c3ccccc23)CC1. The maximum Gasteiger partial charge on any atom is 0.409 e. The fourth-order valence-corrected chi connectivity index (χ4v) is 5.95. The molecule has 1 unspecified atom stereocenters. The van der Waals surface area contributed by atoms with E-state index < -0.39 is 0 Å². The summed E-state index contributed by atoms with van der Waals surface area (Å²) >= 11 is 0.